The van der Waals surface area contributed by atoms with E-state index in [-0.39, 0.29) is 11.8 Å². The summed E-state index contributed by atoms with van der Waals surface area (Å²) in [6.07, 6.45) is 6.61. The van der Waals surface area contributed by atoms with Crippen LogP contribution in [0, 0.1) is 11.3 Å². The first kappa shape index (κ1) is 17.6. The zero-order chi connectivity index (χ0) is 18.5. The second kappa shape index (κ2) is 8.24. The van der Waals surface area contributed by atoms with Gasteiger partial charge in [-0.1, -0.05) is 6.42 Å². The van der Waals surface area contributed by atoms with Crippen LogP contribution in [0.15, 0.2) is 18.5 Å². The van der Waals surface area contributed by atoms with Gasteiger partial charge in [-0.3, -0.25) is 0 Å². The van der Waals surface area contributed by atoms with Crippen molar-refractivity contribution in [2.75, 3.05) is 36.9 Å². The maximum atomic E-state index is 8.81. The third kappa shape index (κ3) is 4.30. The van der Waals surface area contributed by atoms with Crippen LogP contribution in [0.1, 0.15) is 36.6 Å². The van der Waals surface area contributed by atoms with Crippen LogP contribution < -0.4 is 16.0 Å². The van der Waals surface area contributed by atoms with Crippen molar-refractivity contribution in [1.29, 1.82) is 5.26 Å². The minimum Gasteiger partial charge on any atom is -0.381 e. The molecule has 1 aliphatic heterocycles. The Balaban J connectivity index is 1.49. The third-order valence-corrected chi connectivity index (χ3v) is 4.86. The van der Waals surface area contributed by atoms with Gasteiger partial charge in [0.2, 0.25) is 0 Å². The van der Waals surface area contributed by atoms with Gasteiger partial charge in [0.25, 0.3) is 0 Å². The van der Waals surface area contributed by atoms with E-state index >= 15 is 0 Å². The molecular formula is C18H22N8O. The highest BCUT2D eigenvalue weighted by atomic mass is 16.5. The largest absolute Gasteiger partial charge is 0.381 e. The van der Waals surface area contributed by atoms with Gasteiger partial charge in [-0.15, -0.1) is 5.10 Å². The summed E-state index contributed by atoms with van der Waals surface area (Å²) in [5.74, 6) is 1.57. The van der Waals surface area contributed by atoms with Crippen LogP contribution in [0.3, 0.4) is 0 Å². The molecule has 1 aliphatic carbocycles. The molecule has 140 valence electrons. The predicted molar refractivity (Wildman–Crippen MR) is 99.8 cm³/mol. The SMILES string of the molecule is N#Cc1cnc(Nc2cc(NC[C@@H]3CNCCO3)c(C3CCC3)nn2)cn1. The summed E-state index contributed by atoms with van der Waals surface area (Å²) < 4.78 is 5.77. The zero-order valence-electron chi connectivity index (χ0n) is 15.0. The number of rotatable bonds is 6. The lowest BCUT2D eigenvalue weighted by atomic mass is 9.82. The first-order valence-corrected chi connectivity index (χ1v) is 9.25. The molecule has 1 saturated heterocycles. The molecule has 9 nitrogen and oxygen atoms in total. The lowest BCUT2D eigenvalue weighted by molar-refractivity contribution is 0.0372. The molecule has 0 spiro atoms. The Morgan fingerprint density at radius 2 is 2.15 bits per heavy atom. The van der Waals surface area contributed by atoms with E-state index in [1.165, 1.54) is 18.8 Å². The molecule has 3 N–H and O–H groups in total. The van der Waals surface area contributed by atoms with Crippen LogP contribution in [-0.2, 0) is 4.74 Å². The summed E-state index contributed by atoms with van der Waals surface area (Å²) in [5.41, 5.74) is 2.27. The topological polar surface area (TPSA) is 121 Å². The number of nitrogens with one attached hydrogen (secondary N) is 3. The number of anilines is 3. The minimum absolute atomic E-state index is 0.141. The monoisotopic (exact) mass is 366 g/mol. The Morgan fingerprint density at radius 3 is 2.81 bits per heavy atom. The molecule has 2 fully saturated rings. The van der Waals surface area contributed by atoms with Crippen molar-refractivity contribution in [2.24, 2.45) is 0 Å². The van der Waals surface area contributed by atoms with Crippen molar-refractivity contribution < 1.29 is 4.74 Å². The summed E-state index contributed by atoms with van der Waals surface area (Å²) in [7, 11) is 0. The van der Waals surface area contributed by atoms with E-state index in [9.17, 15) is 0 Å². The van der Waals surface area contributed by atoms with Crippen molar-refractivity contribution in [1.82, 2.24) is 25.5 Å². The first-order valence-electron chi connectivity index (χ1n) is 9.25. The Hall–Kier alpha value is -2.83. The second-order valence-electron chi connectivity index (χ2n) is 6.76. The lowest BCUT2D eigenvalue weighted by Gasteiger charge is -2.28. The Bertz CT molecular complexity index is 809. The van der Waals surface area contributed by atoms with E-state index in [1.54, 1.807) is 0 Å². The van der Waals surface area contributed by atoms with E-state index in [0.29, 0.717) is 24.1 Å². The molecular weight excluding hydrogens is 344 g/mol. The number of ether oxygens (including phenoxy) is 1. The number of morpholine rings is 1. The molecule has 0 radical (unpaired) electrons. The van der Waals surface area contributed by atoms with Crippen molar-refractivity contribution in [2.45, 2.75) is 31.3 Å². The fourth-order valence-electron chi connectivity index (χ4n) is 3.14. The average molecular weight is 366 g/mol. The van der Waals surface area contributed by atoms with E-state index in [4.69, 9.17) is 10.00 Å². The number of hydrogen-bond donors (Lipinski definition) is 3. The first-order chi connectivity index (χ1) is 13.3. The third-order valence-electron chi connectivity index (χ3n) is 4.86. The smallest absolute Gasteiger partial charge is 0.158 e. The number of hydrogen-bond acceptors (Lipinski definition) is 9. The highest BCUT2D eigenvalue weighted by Gasteiger charge is 2.25. The van der Waals surface area contributed by atoms with Crippen LogP contribution in [-0.4, -0.2) is 52.5 Å². The maximum absolute atomic E-state index is 8.81. The number of nitriles is 1. The van der Waals surface area contributed by atoms with Gasteiger partial charge >= 0.3 is 0 Å². The normalized spacial score (nSPS) is 19.7. The van der Waals surface area contributed by atoms with Crippen LogP contribution in [0.2, 0.25) is 0 Å². The molecule has 0 amide bonds. The minimum atomic E-state index is 0.141. The molecule has 9 heteroatoms. The van der Waals surface area contributed by atoms with Crippen LogP contribution in [0.5, 0.6) is 0 Å². The average Bonchev–Trinajstić information content (AvgIpc) is 2.68. The van der Waals surface area contributed by atoms with Crippen molar-refractivity contribution in [3.63, 3.8) is 0 Å². The Kier molecular flexibility index (Phi) is 5.37. The van der Waals surface area contributed by atoms with Crippen molar-refractivity contribution in [3.05, 3.63) is 29.8 Å². The second-order valence-corrected chi connectivity index (χ2v) is 6.76. The zero-order valence-corrected chi connectivity index (χ0v) is 15.0. The fraction of sp³-hybridized carbons (Fsp3) is 0.500. The van der Waals surface area contributed by atoms with E-state index in [0.717, 1.165) is 43.9 Å². The molecule has 2 aromatic rings. The van der Waals surface area contributed by atoms with Gasteiger partial charge in [-0.25, -0.2) is 9.97 Å². The van der Waals surface area contributed by atoms with E-state index < -0.39 is 0 Å². The van der Waals surface area contributed by atoms with Gasteiger partial charge in [0.1, 0.15) is 11.9 Å². The molecule has 2 aliphatic rings. The number of nitrogens with zero attached hydrogens (tertiary/aromatic N) is 5. The lowest BCUT2D eigenvalue weighted by Crippen LogP contribution is -2.42. The van der Waals surface area contributed by atoms with Crippen LogP contribution in [0.25, 0.3) is 0 Å². The fourth-order valence-corrected chi connectivity index (χ4v) is 3.14. The van der Waals surface area contributed by atoms with Crippen molar-refractivity contribution in [3.8, 4) is 6.07 Å². The van der Waals surface area contributed by atoms with Gasteiger partial charge in [-0.2, -0.15) is 10.4 Å². The van der Waals surface area contributed by atoms with Crippen LogP contribution >= 0.6 is 0 Å². The molecule has 1 saturated carbocycles. The molecule has 0 unspecified atom stereocenters. The summed E-state index contributed by atoms with van der Waals surface area (Å²) in [6, 6.07) is 3.91. The standard InChI is InChI=1S/C18H22N8O/c19-7-13-8-23-17(11-21-13)24-16-6-15(18(26-25-16)12-2-1-3-12)22-10-14-9-20-4-5-27-14/h6,8,11-12,14,20H,1-5,9-10H2,(H2,22,23,24,25)/t14-/m0/s1. The van der Waals surface area contributed by atoms with Crippen molar-refractivity contribution >= 4 is 17.3 Å². The van der Waals surface area contributed by atoms with E-state index in [2.05, 4.69) is 36.1 Å². The summed E-state index contributed by atoms with van der Waals surface area (Å²) in [6.45, 7) is 3.20. The number of aromatic nitrogens is 4. The van der Waals surface area contributed by atoms with Gasteiger partial charge in [0, 0.05) is 31.6 Å². The molecule has 1 atom stereocenters. The van der Waals surface area contributed by atoms with Crippen LogP contribution in [0.4, 0.5) is 17.3 Å². The molecule has 2 aromatic heterocycles. The van der Waals surface area contributed by atoms with E-state index in [1.807, 2.05) is 12.1 Å². The van der Waals surface area contributed by atoms with Gasteiger partial charge in [-0.05, 0) is 12.8 Å². The quantitative estimate of drug-likeness (QED) is 0.699. The maximum Gasteiger partial charge on any atom is 0.158 e. The van der Waals surface area contributed by atoms with Gasteiger partial charge < -0.3 is 20.7 Å². The molecule has 4 rings (SSSR count). The van der Waals surface area contributed by atoms with Gasteiger partial charge in [0.05, 0.1) is 36.5 Å². The molecule has 27 heavy (non-hydrogen) atoms. The highest BCUT2D eigenvalue weighted by Crippen LogP contribution is 2.39. The Morgan fingerprint density at radius 1 is 1.22 bits per heavy atom. The summed E-state index contributed by atoms with van der Waals surface area (Å²) in [5, 5.41) is 27.5. The summed E-state index contributed by atoms with van der Waals surface area (Å²) >= 11 is 0. The highest BCUT2D eigenvalue weighted by molar-refractivity contribution is 5.60. The summed E-state index contributed by atoms with van der Waals surface area (Å²) in [4.78, 5) is 8.17. The van der Waals surface area contributed by atoms with Gasteiger partial charge in [0.15, 0.2) is 11.5 Å². The predicted octanol–water partition coefficient (Wildman–Crippen LogP) is 1.55. The molecule has 0 bridgehead atoms. The molecule has 3 heterocycles. The molecule has 0 aromatic carbocycles. The Labute approximate surface area is 157 Å².